The lowest BCUT2D eigenvalue weighted by molar-refractivity contribution is -0.114. The fourth-order valence-electron chi connectivity index (χ4n) is 2.31. The van der Waals surface area contributed by atoms with Crippen molar-refractivity contribution in [3.63, 3.8) is 0 Å². The molecule has 1 fully saturated rings. The SMILES string of the molecule is CCC1(Cc2cc(C(=O)O)ccc2C(=O)O)COC1. The Labute approximate surface area is 110 Å². The third-order valence-electron chi connectivity index (χ3n) is 3.71. The summed E-state index contributed by atoms with van der Waals surface area (Å²) in [5, 5.41) is 18.2. The summed E-state index contributed by atoms with van der Waals surface area (Å²) in [6.45, 7) is 3.23. The van der Waals surface area contributed by atoms with Crippen LogP contribution in [-0.4, -0.2) is 35.4 Å². The van der Waals surface area contributed by atoms with Gasteiger partial charge in [0.15, 0.2) is 0 Å². The van der Waals surface area contributed by atoms with Crippen molar-refractivity contribution < 1.29 is 24.5 Å². The Morgan fingerprint density at radius 1 is 1.26 bits per heavy atom. The van der Waals surface area contributed by atoms with Crippen LogP contribution < -0.4 is 0 Å². The van der Waals surface area contributed by atoms with E-state index in [4.69, 9.17) is 9.84 Å². The van der Waals surface area contributed by atoms with E-state index in [1.54, 1.807) is 0 Å². The Bertz CT molecular complexity index is 511. The third kappa shape index (κ3) is 2.61. The molecule has 0 spiro atoms. The van der Waals surface area contributed by atoms with Crippen LogP contribution in [0.1, 0.15) is 39.6 Å². The lowest BCUT2D eigenvalue weighted by atomic mass is 9.76. The quantitative estimate of drug-likeness (QED) is 0.850. The van der Waals surface area contributed by atoms with Crippen molar-refractivity contribution in [3.8, 4) is 0 Å². The van der Waals surface area contributed by atoms with Gasteiger partial charge in [0, 0.05) is 5.41 Å². The number of ether oxygens (including phenoxy) is 1. The smallest absolute Gasteiger partial charge is 0.335 e. The highest BCUT2D eigenvalue weighted by atomic mass is 16.5. The molecule has 1 aromatic carbocycles. The summed E-state index contributed by atoms with van der Waals surface area (Å²) < 4.78 is 5.22. The number of carboxylic acids is 2. The molecule has 19 heavy (non-hydrogen) atoms. The molecule has 2 rings (SSSR count). The van der Waals surface area contributed by atoms with Gasteiger partial charge in [0.1, 0.15) is 0 Å². The number of benzene rings is 1. The fraction of sp³-hybridized carbons (Fsp3) is 0.429. The molecular weight excluding hydrogens is 248 g/mol. The average molecular weight is 264 g/mol. The van der Waals surface area contributed by atoms with E-state index in [1.807, 2.05) is 6.92 Å². The largest absolute Gasteiger partial charge is 0.478 e. The van der Waals surface area contributed by atoms with Gasteiger partial charge in [0.05, 0.1) is 24.3 Å². The van der Waals surface area contributed by atoms with Gasteiger partial charge in [0.2, 0.25) is 0 Å². The summed E-state index contributed by atoms with van der Waals surface area (Å²) in [5.74, 6) is -2.08. The number of rotatable bonds is 5. The predicted molar refractivity (Wildman–Crippen MR) is 67.6 cm³/mol. The number of hydrogen-bond donors (Lipinski definition) is 2. The van der Waals surface area contributed by atoms with E-state index in [-0.39, 0.29) is 16.5 Å². The van der Waals surface area contributed by atoms with Crippen molar-refractivity contribution in [2.45, 2.75) is 19.8 Å². The second-order valence-electron chi connectivity index (χ2n) is 5.01. The van der Waals surface area contributed by atoms with E-state index in [0.29, 0.717) is 25.2 Å². The van der Waals surface area contributed by atoms with Crippen molar-refractivity contribution in [2.24, 2.45) is 5.41 Å². The van der Waals surface area contributed by atoms with Gasteiger partial charge in [0.25, 0.3) is 0 Å². The molecule has 1 aliphatic rings. The summed E-state index contributed by atoms with van der Waals surface area (Å²) in [6.07, 6.45) is 1.41. The van der Waals surface area contributed by atoms with E-state index in [1.165, 1.54) is 18.2 Å². The highest BCUT2D eigenvalue weighted by Crippen LogP contribution is 2.36. The molecule has 0 aromatic heterocycles. The maximum atomic E-state index is 11.2. The molecule has 1 heterocycles. The van der Waals surface area contributed by atoms with E-state index in [0.717, 1.165) is 6.42 Å². The lowest BCUT2D eigenvalue weighted by Gasteiger charge is -2.41. The minimum atomic E-state index is -1.05. The van der Waals surface area contributed by atoms with E-state index < -0.39 is 11.9 Å². The van der Waals surface area contributed by atoms with Crippen molar-refractivity contribution in [1.82, 2.24) is 0 Å². The van der Waals surface area contributed by atoms with Crippen LogP contribution in [0.25, 0.3) is 0 Å². The van der Waals surface area contributed by atoms with Crippen molar-refractivity contribution in [1.29, 1.82) is 0 Å². The number of carbonyl (C=O) groups is 2. The van der Waals surface area contributed by atoms with Crippen LogP contribution in [0.4, 0.5) is 0 Å². The van der Waals surface area contributed by atoms with Crippen molar-refractivity contribution in [3.05, 3.63) is 34.9 Å². The summed E-state index contributed by atoms with van der Waals surface area (Å²) in [5.41, 5.74) is 0.801. The summed E-state index contributed by atoms with van der Waals surface area (Å²) in [6, 6.07) is 4.15. The van der Waals surface area contributed by atoms with Crippen LogP contribution in [0.5, 0.6) is 0 Å². The van der Waals surface area contributed by atoms with Gasteiger partial charge < -0.3 is 14.9 Å². The molecule has 5 heteroatoms. The third-order valence-corrected chi connectivity index (χ3v) is 3.71. The Morgan fingerprint density at radius 2 is 1.95 bits per heavy atom. The summed E-state index contributed by atoms with van der Waals surface area (Å²) in [7, 11) is 0. The molecule has 1 saturated heterocycles. The van der Waals surface area contributed by atoms with Gasteiger partial charge in [-0.25, -0.2) is 9.59 Å². The zero-order chi connectivity index (χ0) is 14.0. The fourth-order valence-corrected chi connectivity index (χ4v) is 2.31. The first-order chi connectivity index (χ1) is 8.97. The van der Waals surface area contributed by atoms with Gasteiger partial charge in [-0.3, -0.25) is 0 Å². The molecule has 1 aliphatic heterocycles. The first-order valence-electron chi connectivity index (χ1n) is 6.15. The second kappa shape index (κ2) is 5.01. The zero-order valence-electron chi connectivity index (χ0n) is 10.7. The van der Waals surface area contributed by atoms with Crippen molar-refractivity contribution >= 4 is 11.9 Å². The van der Waals surface area contributed by atoms with Crippen LogP contribution in [-0.2, 0) is 11.2 Å². The normalized spacial score (nSPS) is 16.7. The summed E-state index contributed by atoms with van der Waals surface area (Å²) >= 11 is 0. The first-order valence-corrected chi connectivity index (χ1v) is 6.15. The maximum Gasteiger partial charge on any atom is 0.335 e. The van der Waals surface area contributed by atoms with E-state index in [2.05, 4.69) is 0 Å². The maximum absolute atomic E-state index is 11.2. The van der Waals surface area contributed by atoms with Crippen molar-refractivity contribution in [2.75, 3.05) is 13.2 Å². The van der Waals surface area contributed by atoms with E-state index in [9.17, 15) is 14.7 Å². The standard InChI is InChI=1S/C14H16O5/c1-2-14(7-19-8-14)6-10-5-9(12(15)16)3-4-11(10)13(17)18/h3-5H,2,6-8H2,1H3,(H,15,16)(H,17,18). The van der Waals surface area contributed by atoms with Gasteiger partial charge in [-0.05, 0) is 36.6 Å². The highest BCUT2D eigenvalue weighted by Gasteiger charge is 2.37. The van der Waals surface area contributed by atoms with Crippen LogP contribution in [0, 0.1) is 5.41 Å². The molecule has 0 atom stereocenters. The lowest BCUT2D eigenvalue weighted by Crippen LogP contribution is -2.44. The average Bonchev–Trinajstić information content (AvgIpc) is 2.33. The molecule has 2 N–H and O–H groups in total. The van der Waals surface area contributed by atoms with Crippen LogP contribution in [0.3, 0.4) is 0 Å². The Balaban J connectivity index is 2.37. The highest BCUT2D eigenvalue weighted by molar-refractivity contribution is 5.93. The molecule has 1 aromatic rings. The molecule has 0 bridgehead atoms. The number of hydrogen-bond acceptors (Lipinski definition) is 3. The molecule has 0 unspecified atom stereocenters. The first kappa shape index (κ1) is 13.5. The molecule has 0 radical (unpaired) electrons. The van der Waals surface area contributed by atoms with E-state index >= 15 is 0 Å². The topological polar surface area (TPSA) is 83.8 Å². The molecule has 5 nitrogen and oxygen atoms in total. The number of aromatic carboxylic acids is 2. The minimum absolute atomic E-state index is 0.0542. The minimum Gasteiger partial charge on any atom is -0.478 e. The Hall–Kier alpha value is -1.88. The zero-order valence-corrected chi connectivity index (χ0v) is 10.7. The molecule has 0 saturated carbocycles. The molecule has 102 valence electrons. The summed E-state index contributed by atoms with van der Waals surface area (Å²) in [4.78, 5) is 22.2. The predicted octanol–water partition coefficient (Wildman–Crippen LogP) is 2.05. The van der Waals surface area contributed by atoms with Crippen LogP contribution >= 0.6 is 0 Å². The number of carboxylic acid groups (broad SMARTS) is 2. The van der Waals surface area contributed by atoms with Gasteiger partial charge in [-0.2, -0.15) is 0 Å². The van der Waals surface area contributed by atoms with Crippen LogP contribution in [0.15, 0.2) is 18.2 Å². The van der Waals surface area contributed by atoms with Gasteiger partial charge in [-0.1, -0.05) is 6.92 Å². The molecule has 0 amide bonds. The second-order valence-corrected chi connectivity index (χ2v) is 5.01. The van der Waals surface area contributed by atoms with Gasteiger partial charge in [-0.15, -0.1) is 0 Å². The Morgan fingerprint density at radius 3 is 2.37 bits per heavy atom. The Kier molecular flexibility index (Phi) is 3.57. The monoisotopic (exact) mass is 264 g/mol. The molecule has 0 aliphatic carbocycles. The molecular formula is C14H16O5. The van der Waals surface area contributed by atoms with Crippen LogP contribution in [0.2, 0.25) is 0 Å². The van der Waals surface area contributed by atoms with Gasteiger partial charge >= 0.3 is 11.9 Å².